The lowest BCUT2D eigenvalue weighted by atomic mass is 9.79. The van der Waals surface area contributed by atoms with Crippen LogP contribution in [0, 0.1) is 0 Å². The maximum Gasteiger partial charge on any atom is 0.490 e. The molecule has 0 saturated heterocycles. The molecule has 4 aromatic carbocycles. The Bertz CT molecular complexity index is 1360. The summed E-state index contributed by atoms with van der Waals surface area (Å²) in [4.78, 5) is 0. The average Bonchev–Trinajstić information content (AvgIpc) is 3.09. The average molecular weight is 398 g/mol. The van der Waals surface area contributed by atoms with Crippen LogP contribution in [0.2, 0.25) is 5.02 Å². The lowest BCUT2D eigenvalue weighted by Gasteiger charge is -2.15. The minimum Gasteiger partial charge on any atom is -0.423 e. The fraction of sp³-hybridized carbons (Fsp3) is 0. The largest absolute Gasteiger partial charge is 0.490 e. The molecule has 29 heavy (non-hydrogen) atoms. The lowest BCUT2D eigenvalue weighted by Crippen LogP contribution is -2.33. The van der Waals surface area contributed by atoms with Crippen molar-refractivity contribution in [1.29, 1.82) is 0 Å². The van der Waals surface area contributed by atoms with Gasteiger partial charge in [-0.05, 0) is 18.2 Å². The lowest BCUT2D eigenvalue weighted by molar-refractivity contribution is 0.425. The highest BCUT2D eigenvalue weighted by atomic mass is 35.5. The minimum atomic E-state index is -1.57. The summed E-state index contributed by atoms with van der Waals surface area (Å²) in [7, 11) is -1.57. The van der Waals surface area contributed by atoms with Crippen LogP contribution in [0.15, 0.2) is 91.0 Å². The maximum absolute atomic E-state index is 10.00. The molecule has 0 bridgehead atoms. The zero-order valence-electron chi connectivity index (χ0n) is 15.5. The summed E-state index contributed by atoms with van der Waals surface area (Å²) in [5, 5.41) is 22.9. The van der Waals surface area contributed by atoms with Crippen molar-refractivity contribution in [3.63, 3.8) is 0 Å². The maximum atomic E-state index is 10.00. The zero-order chi connectivity index (χ0) is 20.0. The van der Waals surface area contributed by atoms with E-state index < -0.39 is 7.12 Å². The molecule has 5 heteroatoms. The smallest absolute Gasteiger partial charge is 0.423 e. The number of hydrogen-bond donors (Lipinski definition) is 2. The number of aromatic nitrogens is 1. The summed E-state index contributed by atoms with van der Waals surface area (Å²) in [5.74, 6) is 0. The van der Waals surface area contributed by atoms with Gasteiger partial charge in [-0.15, -0.1) is 0 Å². The minimum absolute atomic E-state index is 0.448. The second-order valence-corrected chi connectivity index (χ2v) is 7.37. The summed E-state index contributed by atoms with van der Waals surface area (Å²) >= 11 is 6.55. The van der Waals surface area contributed by atoms with Gasteiger partial charge >= 0.3 is 7.12 Å². The Hall–Kier alpha value is -3.05. The molecule has 1 aromatic heterocycles. The van der Waals surface area contributed by atoms with Crippen LogP contribution in [-0.2, 0) is 0 Å². The van der Waals surface area contributed by atoms with Gasteiger partial charge < -0.3 is 14.6 Å². The van der Waals surface area contributed by atoms with Gasteiger partial charge in [0.2, 0.25) is 0 Å². The van der Waals surface area contributed by atoms with Gasteiger partial charge in [-0.1, -0.05) is 84.4 Å². The molecule has 0 fully saturated rings. The summed E-state index contributed by atoms with van der Waals surface area (Å²) in [5.41, 5.74) is 5.08. The second kappa shape index (κ2) is 7.09. The van der Waals surface area contributed by atoms with Crippen molar-refractivity contribution >= 4 is 46.0 Å². The van der Waals surface area contributed by atoms with Crippen LogP contribution in [0.4, 0.5) is 0 Å². The summed E-state index contributed by atoms with van der Waals surface area (Å²) in [6, 6.07) is 29.4. The van der Waals surface area contributed by atoms with Gasteiger partial charge in [0.1, 0.15) is 0 Å². The van der Waals surface area contributed by atoms with E-state index in [9.17, 15) is 10.0 Å². The molecule has 0 radical (unpaired) electrons. The van der Waals surface area contributed by atoms with Crippen LogP contribution < -0.4 is 5.46 Å². The summed E-state index contributed by atoms with van der Waals surface area (Å²) < 4.78 is 2.10. The second-order valence-electron chi connectivity index (χ2n) is 6.97. The molecular weight excluding hydrogens is 381 g/mol. The van der Waals surface area contributed by atoms with E-state index in [-0.39, 0.29) is 0 Å². The molecule has 0 atom stereocenters. The predicted molar refractivity (Wildman–Crippen MR) is 121 cm³/mol. The predicted octanol–water partition coefficient (Wildman–Crippen LogP) is 4.78. The third kappa shape index (κ3) is 2.85. The van der Waals surface area contributed by atoms with E-state index in [0.717, 1.165) is 38.6 Å². The third-order valence-electron chi connectivity index (χ3n) is 5.31. The molecule has 5 aromatic rings. The van der Waals surface area contributed by atoms with Gasteiger partial charge in [-0.2, -0.15) is 0 Å². The van der Waals surface area contributed by atoms with Crippen molar-refractivity contribution in [2.24, 2.45) is 0 Å². The van der Waals surface area contributed by atoms with Gasteiger partial charge in [0, 0.05) is 38.1 Å². The molecule has 0 aliphatic heterocycles. The Morgan fingerprint density at radius 2 is 1.31 bits per heavy atom. The highest BCUT2D eigenvalue weighted by Gasteiger charge is 2.22. The number of halogens is 1. The number of rotatable bonds is 3. The van der Waals surface area contributed by atoms with Gasteiger partial charge in [0.25, 0.3) is 0 Å². The van der Waals surface area contributed by atoms with Gasteiger partial charge in [-0.3, -0.25) is 0 Å². The van der Waals surface area contributed by atoms with Gasteiger partial charge in [0.15, 0.2) is 0 Å². The van der Waals surface area contributed by atoms with Crippen molar-refractivity contribution in [3.05, 3.63) is 96.0 Å². The molecule has 5 rings (SSSR count). The standard InChI is InChI=1S/C24H17BClNO2/c26-21-13-4-1-8-16(21)18-10-7-11-19-17-9-2-5-14-22(17)27(24(18)19)23-15-6-3-12-20(23)25(28)29/h1-15,28-29H. The third-order valence-corrected chi connectivity index (χ3v) is 5.64. The van der Waals surface area contributed by atoms with Gasteiger partial charge in [0.05, 0.1) is 11.0 Å². The van der Waals surface area contributed by atoms with Crippen molar-refractivity contribution in [2.75, 3.05) is 0 Å². The van der Waals surface area contributed by atoms with Crippen LogP contribution >= 0.6 is 11.6 Å². The molecule has 1 heterocycles. The molecule has 0 spiro atoms. The number of para-hydroxylation sites is 3. The van der Waals surface area contributed by atoms with Crippen LogP contribution in [0.5, 0.6) is 0 Å². The van der Waals surface area contributed by atoms with Gasteiger partial charge in [-0.25, -0.2) is 0 Å². The Labute approximate surface area is 173 Å². The molecule has 140 valence electrons. The van der Waals surface area contributed by atoms with E-state index in [4.69, 9.17) is 11.6 Å². The quantitative estimate of drug-likeness (QED) is 0.430. The fourth-order valence-corrected chi connectivity index (χ4v) is 4.31. The number of benzene rings is 4. The molecule has 0 aliphatic rings. The highest BCUT2D eigenvalue weighted by Crippen LogP contribution is 2.39. The summed E-state index contributed by atoms with van der Waals surface area (Å²) in [6.45, 7) is 0. The first kappa shape index (κ1) is 18.0. The Balaban J connectivity index is 1.99. The first-order chi connectivity index (χ1) is 14.2. The molecule has 0 saturated carbocycles. The first-order valence-electron chi connectivity index (χ1n) is 9.39. The highest BCUT2D eigenvalue weighted by molar-refractivity contribution is 6.60. The van der Waals surface area contributed by atoms with E-state index in [2.05, 4.69) is 22.8 Å². The number of fused-ring (bicyclic) bond motifs is 3. The molecule has 0 unspecified atom stereocenters. The van der Waals surface area contributed by atoms with Crippen LogP contribution in [0.3, 0.4) is 0 Å². The van der Waals surface area contributed by atoms with E-state index in [1.165, 1.54) is 0 Å². The van der Waals surface area contributed by atoms with Crippen molar-refractivity contribution < 1.29 is 10.0 Å². The van der Waals surface area contributed by atoms with Crippen molar-refractivity contribution in [1.82, 2.24) is 4.57 Å². The van der Waals surface area contributed by atoms with Crippen LogP contribution in [0.1, 0.15) is 0 Å². The monoisotopic (exact) mass is 397 g/mol. The molecule has 3 nitrogen and oxygen atoms in total. The van der Waals surface area contributed by atoms with Crippen molar-refractivity contribution in [3.8, 4) is 16.8 Å². The van der Waals surface area contributed by atoms with Crippen molar-refractivity contribution in [2.45, 2.75) is 0 Å². The van der Waals surface area contributed by atoms with E-state index in [0.29, 0.717) is 10.5 Å². The Morgan fingerprint density at radius 3 is 2.14 bits per heavy atom. The molecule has 2 N–H and O–H groups in total. The number of nitrogens with zero attached hydrogens (tertiary/aromatic N) is 1. The Kier molecular flexibility index (Phi) is 4.40. The topological polar surface area (TPSA) is 45.4 Å². The van der Waals surface area contributed by atoms with E-state index in [1.54, 1.807) is 12.1 Å². The fourth-order valence-electron chi connectivity index (χ4n) is 4.08. The van der Waals surface area contributed by atoms with E-state index in [1.807, 2.05) is 60.7 Å². The van der Waals surface area contributed by atoms with E-state index >= 15 is 0 Å². The molecule has 0 amide bonds. The summed E-state index contributed by atoms with van der Waals surface area (Å²) in [6.07, 6.45) is 0. The number of hydrogen-bond acceptors (Lipinski definition) is 2. The van der Waals surface area contributed by atoms with Crippen LogP contribution in [0.25, 0.3) is 38.6 Å². The molecular formula is C24H17BClNO2. The normalized spacial score (nSPS) is 11.3. The zero-order valence-corrected chi connectivity index (χ0v) is 16.2. The SMILES string of the molecule is OB(O)c1ccccc1-n1c2ccccc2c2cccc(-c3ccccc3Cl)c21. The molecule has 0 aliphatic carbocycles. The van der Waals surface area contributed by atoms with Crippen LogP contribution in [-0.4, -0.2) is 21.7 Å². The Morgan fingerprint density at radius 1 is 0.655 bits per heavy atom. The first-order valence-corrected chi connectivity index (χ1v) is 9.77.